The lowest BCUT2D eigenvalue weighted by Gasteiger charge is -2.42. The molecule has 2 aliphatic rings. The van der Waals surface area contributed by atoms with Gasteiger partial charge in [0.1, 0.15) is 0 Å². The van der Waals surface area contributed by atoms with Gasteiger partial charge >= 0.3 is 5.97 Å². The van der Waals surface area contributed by atoms with Crippen LogP contribution in [0.15, 0.2) is 18.2 Å². The molecule has 1 aromatic rings. The Morgan fingerprint density at radius 2 is 2.00 bits per heavy atom. The number of hydrogen-bond acceptors (Lipinski definition) is 4. The summed E-state index contributed by atoms with van der Waals surface area (Å²) in [5.74, 6) is -1.26. The van der Waals surface area contributed by atoms with Crippen molar-refractivity contribution >= 4 is 23.5 Å². The number of carboxylic acid groups (broad SMARTS) is 1. The van der Waals surface area contributed by atoms with Crippen molar-refractivity contribution in [3.63, 3.8) is 0 Å². The van der Waals surface area contributed by atoms with Gasteiger partial charge in [-0.3, -0.25) is 19.3 Å². The number of amides is 2. The molecular weight excluding hydrogens is 358 g/mol. The lowest BCUT2D eigenvalue weighted by molar-refractivity contribution is -0.140. The van der Waals surface area contributed by atoms with Crippen LogP contribution in [0.25, 0.3) is 0 Å². The number of rotatable bonds is 7. The highest BCUT2D eigenvalue weighted by Gasteiger charge is 2.39. The zero-order valence-corrected chi connectivity index (χ0v) is 16.8. The minimum Gasteiger partial charge on any atom is -0.480 e. The summed E-state index contributed by atoms with van der Waals surface area (Å²) in [5.41, 5.74) is 3.08. The molecule has 7 heteroatoms. The molecule has 1 aliphatic heterocycles. The van der Waals surface area contributed by atoms with Gasteiger partial charge in [0.2, 0.25) is 11.8 Å². The Bertz CT molecular complexity index is 773. The van der Waals surface area contributed by atoms with Gasteiger partial charge in [0.15, 0.2) is 0 Å². The summed E-state index contributed by atoms with van der Waals surface area (Å²) in [6.45, 7) is 7.08. The van der Waals surface area contributed by atoms with Gasteiger partial charge in [0.05, 0.1) is 12.5 Å². The van der Waals surface area contributed by atoms with E-state index in [4.69, 9.17) is 5.11 Å². The van der Waals surface area contributed by atoms with E-state index in [-0.39, 0.29) is 42.8 Å². The van der Waals surface area contributed by atoms with Gasteiger partial charge in [-0.15, -0.1) is 0 Å². The number of hydrogen-bond donors (Lipinski definition) is 2. The molecule has 1 heterocycles. The third-order valence-electron chi connectivity index (χ3n) is 6.08. The summed E-state index contributed by atoms with van der Waals surface area (Å²) < 4.78 is 0. The third kappa shape index (κ3) is 4.19. The fourth-order valence-electron chi connectivity index (χ4n) is 4.14. The monoisotopic (exact) mass is 387 g/mol. The Balaban J connectivity index is 1.53. The topological polar surface area (TPSA) is 90.0 Å². The standard InChI is InChI=1S/C21H29N3O4/c1-4-23(12-20(26)27)17-9-16(10-17)22-21(28)15-8-19(25)24(11-15)18-7-5-6-13(2)14(18)3/h5-7,15-17H,4,8-12H2,1-3H3,(H,22,28)(H,26,27). The molecule has 0 spiro atoms. The van der Waals surface area contributed by atoms with E-state index in [2.05, 4.69) is 5.32 Å². The first-order valence-electron chi connectivity index (χ1n) is 9.93. The molecule has 28 heavy (non-hydrogen) atoms. The second kappa shape index (κ2) is 8.31. The van der Waals surface area contributed by atoms with Crippen LogP contribution in [0.2, 0.25) is 0 Å². The zero-order chi connectivity index (χ0) is 20.4. The van der Waals surface area contributed by atoms with E-state index in [0.717, 1.165) is 29.7 Å². The van der Waals surface area contributed by atoms with Crippen molar-refractivity contribution in [1.29, 1.82) is 0 Å². The van der Waals surface area contributed by atoms with Gasteiger partial charge in [-0.05, 0) is 50.4 Å². The van der Waals surface area contributed by atoms with Crippen LogP contribution >= 0.6 is 0 Å². The largest absolute Gasteiger partial charge is 0.480 e. The number of nitrogens with one attached hydrogen (secondary N) is 1. The molecule has 2 fully saturated rings. The summed E-state index contributed by atoms with van der Waals surface area (Å²) in [7, 11) is 0. The Kier molecular flexibility index (Phi) is 6.03. The maximum atomic E-state index is 12.6. The molecule has 1 saturated carbocycles. The van der Waals surface area contributed by atoms with Gasteiger partial charge in [-0.25, -0.2) is 0 Å². The van der Waals surface area contributed by atoms with Crippen LogP contribution in [0.3, 0.4) is 0 Å². The summed E-state index contributed by atoms with van der Waals surface area (Å²) in [5, 5.41) is 12.0. The molecule has 0 aromatic heterocycles. The SMILES string of the molecule is CCN(CC(=O)O)C1CC(NC(=O)C2CC(=O)N(c3cccc(C)c3C)C2)C1. The van der Waals surface area contributed by atoms with Gasteiger partial charge in [0, 0.05) is 30.7 Å². The Morgan fingerprint density at radius 3 is 2.64 bits per heavy atom. The number of likely N-dealkylation sites (N-methyl/N-ethyl adjacent to an activating group) is 1. The lowest BCUT2D eigenvalue weighted by Crippen LogP contribution is -2.55. The van der Waals surface area contributed by atoms with Crippen molar-refractivity contribution in [3.05, 3.63) is 29.3 Å². The van der Waals surface area contributed by atoms with Crippen molar-refractivity contribution in [1.82, 2.24) is 10.2 Å². The van der Waals surface area contributed by atoms with Crippen molar-refractivity contribution in [2.75, 3.05) is 24.5 Å². The van der Waals surface area contributed by atoms with Crippen molar-refractivity contribution in [2.24, 2.45) is 5.92 Å². The molecule has 1 saturated heterocycles. The molecule has 7 nitrogen and oxygen atoms in total. The van der Waals surface area contributed by atoms with Gasteiger partial charge in [0.25, 0.3) is 0 Å². The van der Waals surface area contributed by atoms with Crippen LogP contribution in [0.5, 0.6) is 0 Å². The van der Waals surface area contributed by atoms with E-state index in [1.807, 2.05) is 43.9 Å². The van der Waals surface area contributed by atoms with E-state index >= 15 is 0 Å². The number of carboxylic acids is 1. The zero-order valence-electron chi connectivity index (χ0n) is 16.8. The molecule has 2 N–H and O–H groups in total. The number of nitrogens with zero attached hydrogens (tertiary/aromatic N) is 2. The van der Waals surface area contributed by atoms with Crippen LogP contribution in [0.1, 0.15) is 37.3 Å². The summed E-state index contributed by atoms with van der Waals surface area (Å²) in [6, 6.07) is 6.14. The minimum absolute atomic E-state index is 0.0149. The first kappa shape index (κ1) is 20.3. The molecule has 1 aliphatic carbocycles. The average molecular weight is 387 g/mol. The fraction of sp³-hybridized carbons (Fsp3) is 0.571. The third-order valence-corrected chi connectivity index (χ3v) is 6.08. The number of anilines is 1. The highest BCUT2D eigenvalue weighted by Crippen LogP contribution is 2.30. The number of benzene rings is 1. The first-order valence-corrected chi connectivity index (χ1v) is 9.93. The Hall–Kier alpha value is -2.41. The fourth-order valence-corrected chi connectivity index (χ4v) is 4.14. The molecule has 3 rings (SSSR count). The van der Waals surface area contributed by atoms with E-state index in [1.165, 1.54) is 0 Å². The molecule has 0 bridgehead atoms. The van der Waals surface area contributed by atoms with Crippen LogP contribution in [0.4, 0.5) is 5.69 Å². The minimum atomic E-state index is -0.828. The predicted molar refractivity (Wildman–Crippen MR) is 106 cm³/mol. The Labute approximate surface area is 165 Å². The highest BCUT2D eigenvalue weighted by molar-refractivity contribution is 6.01. The quantitative estimate of drug-likeness (QED) is 0.743. The van der Waals surface area contributed by atoms with Gasteiger partial charge in [-0.1, -0.05) is 19.1 Å². The maximum absolute atomic E-state index is 12.6. The van der Waals surface area contributed by atoms with E-state index in [9.17, 15) is 14.4 Å². The maximum Gasteiger partial charge on any atom is 0.317 e. The smallest absolute Gasteiger partial charge is 0.317 e. The van der Waals surface area contributed by atoms with Crippen LogP contribution in [-0.4, -0.2) is 59.5 Å². The molecule has 2 amide bonds. The predicted octanol–water partition coefficient (Wildman–Crippen LogP) is 1.71. The number of aryl methyl sites for hydroxylation is 1. The Morgan fingerprint density at radius 1 is 1.29 bits per heavy atom. The second-order valence-corrected chi connectivity index (χ2v) is 7.91. The molecule has 1 atom stereocenters. The molecule has 0 radical (unpaired) electrons. The van der Waals surface area contributed by atoms with Crippen molar-refractivity contribution < 1.29 is 19.5 Å². The van der Waals surface area contributed by atoms with E-state index in [1.54, 1.807) is 4.90 Å². The molecule has 152 valence electrons. The number of carbonyl (C=O) groups is 3. The molecule has 1 unspecified atom stereocenters. The van der Waals surface area contributed by atoms with Crippen LogP contribution in [-0.2, 0) is 14.4 Å². The lowest BCUT2D eigenvalue weighted by atomic mass is 9.85. The number of carbonyl (C=O) groups excluding carboxylic acids is 2. The second-order valence-electron chi connectivity index (χ2n) is 7.91. The average Bonchev–Trinajstić information content (AvgIpc) is 2.99. The summed E-state index contributed by atoms with van der Waals surface area (Å²) >= 11 is 0. The van der Waals surface area contributed by atoms with Crippen molar-refractivity contribution in [2.45, 2.75) is 52.1 Å². The van der Waals surface area contributed by atoms with Crippen LogP contribution in [0, 0.1) is 19.8 Å². The normalized spacial score (nSPS) is 24.4. The first-order chi connectivity index (χ1) is 13.3. The summed E-state index contributed by atoms with van der Waals surface area (Å²) in [6.07, 6.45) is 1.75. The summed E-state index contributed by atoms with van der Waals surface area (Å²) in [4.78, 5) is 39.7. The van der Waals surface area contributed by atoms with Crippen molar-refractivity contribution in [3.8, 4) is 0 Å². The van der Waals surface area contributed by atoms with Crippen LogP contribution < -0.4 is 10.2 Å². The highest BCUT2D eigenvalue weighted by atomic mass is 16.4. The number of aliphatic carboxylic acids is 1. The molecular formula is C21H29N3O4. The van der Waals surface area contributed by atoms with Gasteiger partial charge in [-0.2, -0.15) is 0 Å². The van der Waals surface area contributed by atoms with E-state index < -0.39 is 5.97 Å². The van der Waals surface area contributed by atoms with Gasteiger partial charge < -0.3 is 15.3 Å². The molecule has 1 aromatic carbocycles. The van der Waals surface area contributed by atoms with E-state index in [0.29, 0.717) is 13.1 Å².